The number of methoxy groups -OCH3 is 1. The van der Waals surface area contributed by atoms with Crippen LogP contribution in [0.3, 0.4) is 0 Å². The maximum Gasteiger partial charge on any atom is 0.391 e. The molecule has 1 heterocycles. The van der Waals surface area contributed by atoms with Crippen molar-refractivity contribution >= 4 is 0 Å². The molecule has 0 bridgehead atoms. The number of alkyl halides is 3. The highest BCUT2D eigenvalue weighted by Gasteiger charge is 2.41. The molecule has 6 heteroatoms. The van der Waals surface area contributed by atoms with E-state index in [4.69, 9.17) is 4.74 Å². The SMILES string of the molecule is CNC(COC)CN1CCC(C(F)(F)F)CC1. The second-order valence-electron chi connectivity index (χ2n) is 4.56. The van der Waals surface area contributed by atoms with E-state index < -0.39 is 12.1 Å². The molecule has 1 atom stereocenters. The summed E-state index contributed by atoms with van der Waals surface area (Å²) in [7, 11) is 3.46. The molecule has 0 amide bonds. The Kier molecular flexibility index (Phi) is 5.69. The Balaban J connectivity index is 2.31. The molecular formula is C11H21F3N2O. The Labute approximate surface area is 100 Å². The fourth-order valence-corrected chi connectivity index (χ4v) is 2.18. The molecule has 102 valence electrons. The van der Waals surface area contributed by atoms with Crippen LogP contribution in [0.2, 0.25) is 0 Å². The minimum atomic E-state index is -4.03. The van der Waals surface area contributed by atoms with Crippen LogP contribution in [-0.2, 0) is 4.74 Å². The van der Waals surface area contributed by atoms with Crippen molar-refractivity contribution in [3.05, 3.63) is 0 Å². The summed E-state index contributed by atoms with van der Waals surface area (Å²) >= 11 is 0. The maximum atomic E-state index is 12.5. The van der Waals surface area contributed by atoms with Crippen molar-refractivity contribution in [1.82, 2.24) is 10.2 Å². The minimum Gasteiger partial charge on any atom is -0.383 e. The van der Waals surface area contributed by atoms with Gasteiger partial charge in [0, 0.05) is 19.7 Å². The average Bonchev–Trinajstić information content (AvgIpc) is 2.28. The lowest BCUT2D eigenvalue weighted by Crippen LogP contribution is -2.46. The zero-order valence-electron chi connectivity index (χ0n) is 10.4. The Morgan fingerprint density at radius 3 is 2.35 bits per heavy atom. The first-order valence-corrected chi connectivity index (χ1v) is 5.92. The van der Waals surface area contributed by atoms with E-state index in [9.17, 15) is 13.2 Å². The van der Waals surface area contributed by atoms with Gasteiger partial charge in [0.15, 0.2) is 0 Å². The molecule has 1 fully saturated rings. The third kappa shape index (κ3) is 4.81. The van der Waals surface area contributed by atoms with Gasteiger partial charge in [0.25, 0.3) is 0 Å². The van der Waals surface area contributed by atoms with Crippen molar-refractivity contribution < 1.29 is 17.9 Å². The van der Waals surface area contributed by atoms with E-state index in [1.807, 2.05) is 7.05 Å². The molecule has 0 aromatic carbocycles. The van der Waals surface area contributed by atoms with Crippen LogP contribution in [0.15, 0.2) is 0 Å². The molecule has 1 saturated heterocycles. The topological polar surface area (TPSA) is 24.5 Å². The molecule has 0 radical (unpaired) electrons. The van der Waals surface area contributed by atoms with Crippen LogP contribution in [0.5, 0.6) is 0 Å². The van der Waals surface area contributed by atoms with Crippen molar-refractivity contribution in [2.75, 3.05) is 40.4 Å². The summed E-state index contributed by atoms with van der Waals surface area (Å²) in [5.74, 6) is -1.12. The first kappa shape index (κ1) is 14.7. The zero-order valence-corrected chi connectivity index (χ0v) is 10.4. The molecule has 1 unspecified atom stereocenters. The summed E-state index contributed by atoms with van der Waals surface area (Å²) in [6.07, 6.45) is -3.60. The highest BCUT2D eigenvalue weighted by Crippen LogP contribution is 2.33. The predicted molar refractivity (Wildman–Crippen MR) is 59.9 cm³/mol. The molecule has 1 aliphatic heterocycles. The van der Waals surface area contributed by atoms with Gasteiger partial charge in [-0.1, -0.05) is 0 Å². The van der Waals surface area contributed by atoms with Gasteiger partial charge in [-0.2, -0.15) is 13.2 Å². The maximum absolute atomic E-state index is 12.5. The minimum absolute atomic E-state index is 0.183. The molecule has 1 N–H and O–H groups in total. The first-order valence-electron chi connectivity index (χ1n) is 5.92. The smallest absolute Gasteiger partial charge is 0.383 e. The van der Waals surface area contributed by atoms with Gasteiger partial charge in [0.05, 0.1) is 12.5 Å². The van der Waals surface area contributed by atoms with Crippen LogP contribution in [0, 0.1) is 5.92 Å². The largest absolute Gasteiger partial charge is 0.391 e. The molecule has 0 spiro atoms. The number of nitrogens with zero attached hydrogens (tertiary/aromatic N) is 1. The number of rotatable bonds is 5. The average molecular weight is 254 g/mol. The fourth-order valence-electron chi connectivity index (χ4n) is 2.18. The molecule has 17 heavy (non-hydrogen) atoms. The molecule has 0 saturated carbocycles. The van der Waals surface area contributed by atoms with Crippen LogP contribution in [-0.4, -0.2) is 57.5 Å². The standard InChI is InChI=1S/C11H21F3N2O/c1-15-10(8-17-2)7-16-5-3-9(4-6-16)11(12,13)14/h9-10,15H,3-8H2,1-2H3. The Bertz CT molecular complexity index is 215. The van der Waals surface area contributed by atoms with Crippen LogP contribution < -0.4 is 5.32 Å². The van der Waals surface area contributed by atoms with Gasteiger partial charge >= 0.3 is 6.18 Å². The number of hydrogen-bond donors (Lipinski definition) is 1. The molecule has 3 nitrogen and oxygen atoms in total. The van der Waals surface area contributed by atoms with Crippen LogP contribution in [0.25, 0.3) is 0 Å². The van der Waals surface area contributed by atoms with Crippen LogP contribution >= 0.6 is 0 Å². The van der Waals surface area contributed by atoms with E-state index in [1.165, 1.54) is 0 Å². The Morgan fingerprint density at radius 2 is 1.94 bits per heavy atom. The van der Waals surface area contributed by atoms with Gasteiger partial charge in [-0.25, -0.2) is 0 Å². The van der Waals surface area contributed by atoms with Crippen molar-refractivity contribution in [3.63, 3.8) is 0 Å². The normalized spacial score (nSPS) is 21.7. The zero-order chi connectivity index (χ0) is 12.9. The second kappa shape index (κ2) is 6.56. The van der Waals surface area contributed by atoms with Gasteiger partial charge in [-0.05, 0) is 33.0 Å². The molecule has 0 aromatic heterocycles. The van der Waals surface area contributed by atoms with E-state index in [0.717, 1.165) is 6.54 Å². The van der Waals surface area contributed by atoms with E-state index >= 15 is 0 Å². The summed E-state index contributed by atoms with van der Waals surface area (Å²) < 4.78 is 42.4. The summed E-state index contributed by atoms with van der Waals surface area (Å²) in [5.41, 5.74) is 0. The van der Waals surface area contributed by atoms with Crippen molar-refractivity contribution in [1.29, 1.82) is 0 Å². The molecule has 0 aliphatic carbocycles. The highest BCUT2D eigenvalue weighted by molar-refractivity contribution is 4.79. The van der Waals surface area contributed by atoms with Crippen molar-refractivity contribution in [2.45, 2.75) is 25.1 Å². The summed E-state index contributed by atoms with van der Waals surface area (Å²) in [6.45, 7) is 2.36. The van der Waals surface area contributed by atoms with Crippen LogP contribution in [0.1, 0.15) is 12.8 Å². The quantitative estimate of drug-likeness (QED) is 0.804. The van der Waals surface area contributed by atoms with Gasteiger partial charge in [0.2, 0.25) is 0 Å². The number of likely N-dealkylation sites (tertiary alicyclic amines) is 1. The fraction of sp³-hybridized carbons (Fsp3) is 1.00. The molecular weight excluding hydrogens is 233 g/mol. The highest BCUT2D eigenvalue weighted by atomic mass is 19.4. The van der Waals surface area contributed by atoms with E-state index in [2.05, 4.69) is 10.2 Å². The van der Waals surface area contributed by atoms with Gasteiger partial charge in [-0.3, -0.25) is 0 Å². The number of nitrogens with one attached hydrogen (secondary N) is 1. The lowest BCUT2D eigenvalue weighted by molar-refractivity contribution is -0.185. The summed E-state index contributed by atoms with van der Waals surface area (Å²) in [5, 5.41) is 3.10. The molecule has 1 aliphatic rings. The lowest BCUT2D eigenvalue weighted by atomic mass is 9.96. The number of likely N-dealkylation sites (N-methyl/N-ethyl adjacent to an activating group) is 1. The van der Waals surface area contributed by atoms with E-state index in [1.54, 1.807) is 7.11 Å². The van der Waals surface area contributed by atoms with Gasteiger partial charge < -0.3 is 15.0 Å². The molecule has 0 aromatic rings. The van der Waals surface area contributed by atoms with Crippen molar-refractivity contribution in [3.8, 4) is 0 Å². The number of hydrogen-bond acceptors (Lipinski definition) is 3. The lowest BCUT2D eigenvalue weighted by Gasteiger charge is -2.34. The van der Waals surface area contributed by atoms with Gasteiger partial charge in [-0.15, -0.1) is 0 Å². The molecule has 1 rings (SSSR count). The first-order chi connectivity index (χ1) is 7.97. The van der Waals surface area contributed by atoms with Gasteiger partial charge in [0.1, 0.15) is 0 Å². The van der Waals surface area contributed by atoms with Crippen LogP contribution in [0.4, 0.5) is 13.2 Å². The Hall–Kier alpha value is -0.330. The van der Waals surface area contributed by atoms with E-state index in [-0.39, 0.29) is 18.9 Å². The third-order valence-corrected chi connectivity index (χ3v) is 3.31. The summed E-state index contributed by atoms with van der Waals surface area (Å²) in [6, 6.07) is 0.183. The predicted octanol–water partition coefficient (Wildman–Crippen LogP) is 1.50. The Morgan fingerprint density at radius 1 is 1.35 bits per heavy atom. The second-order valence-corrected chi connectivity index (χ2v) is 4.56. The van der Waals surface area contributed by atoms with Crippen molar-refractivity contribution in [2.24, 2.45) is 5.92 Å². The number of piperidine rings is 1. The summed E-state index contributed by atoms with van der Waals surface area (Å²) in [4.78, 5) is 2.07. The number of ether oxygens (including phenoxy) is 1. The monoisotopic (exact) mass is 254 g/mol. The van der Waals surface area contributed by atoms with E-state index in [0.29, 0.717) is 19.7 Å². The third-order valence-electron chi connectivity index (χ3n) is 3.31. The number of halogens is 3.